The Labute approximate surface area is 53.8 Å². The first-order chi connectivity index (χ1) is 4.29. The lowest BCUT2D eigenvalue weighted by Gasteiger charge is -1.84. The molecule has 0 amide bonds. The number of hydrogen-bond acceptors (Lipinski definition) is 5. The number of hydrogen-bond donors (Lipinski definition) is 1. The molecule has 0 aromatic carbocycles. The molecule has 1 N–H and O–H groups in total. The molecule has 48 valence electrons. The Morgan fingerprint density at radius 1 is 1.89 bits per heavy atom. The van der Waals surface area contributed by atoms with Crippen LogP contribution in [0.2, 0.25) is 0 Å². The van der Waals surface area contributed by atoms with Crippen LogP contribution in [0.4, 0.5) is 5.13 Å². The molecule has 0 aliphatic carbocycles. The zero-order chi connectivity index (χ0) is 6.69. The highest BCUT2D eigenvalue weighted by Crippen LogP contribution is 2.04. The molecule has 1 rings (SSSR count). The molecule has 0 unspecified atom stereocenters. The maximum Gasteiger partial charge on any atom is 0.265 e. The van der Waals surface area contributed by atoms with Crippen molar-refractivity contribution >= 4 is 16.7 Å². The molecule has 1 aromatic rings. The molecule has 1 aromatic heterocycles. The highest BCUT2D eigenvalue weighted by molar-refractivity contribution is 7.09. The topological polar surface area (TPSA) is 81.0 Å². The van der Waals surface area contributed by atoms with Gasteiger partial charge in [-0.05, 0) is 0 Å². The number of nitrogens with zero attached hydrogens (tertiary/aromatic N) is 3. The third-order valence-corrected chi connectivity index (χ3v) is 1.12. The van der Waals surface area contributed by atoms with Gasteiger partial charge in [-0.25, -0.2) is 15.1 Å². The van der Waals surface area contributed by atoms with E-state index in [0.29, 0.717) is 0 Å². The Kier molecular flexibility index (Phi) is 1.54. The van der Waals surface area contributed by atoms with Crippen LogP contribution >= 0.6 is 11.5 Å². The van der Waals surface area contributed by atoms with Crippen LogP contribution < -0.4 is 5.43 Å². The van der Waals surface area contributed by atoms with E-state index in [1.54, 1.807) is 0 Å². The smallest absolute Gasteiger partial charge is 0.234 e. The second-order valence-electron chi connectivity index (χ2n) is 1.12. The van der Waals surface area contributed by atoms with Crippen molar-refractivity contribution < 1.29 is 5.03 Å². The molecule has 0 fully saturated rings. The quantitative estimate of drug-likeness (QED) is 0.474. The normalized spacial score (nSPS) is 8.89. The molecule has 0 aliphatic heterocycles. The van der Waals surface area contributed by atoms with Crippen LogP contribution in [-0.2, 0) is 0 Å². The van der Waals surface area contributed by atoms with E-state index in [-0.39, 0.29) is 5.13 Å². The van der Waals surface area contributed by atoms with E-state index < -0.39 is 5.03 Å². The first-order valence-electron chi connectivity index (χ1n) is 1.97. The molecule has 0 aliphatic rings. The van der Waals surface area contributed by atoms with E-state index in [2.05, 4.69) is 9.36 Å². The van der Waals surface area contributed by atoms with E-state index >= 15 is 0 Å². The maximum atomic E-state index is 9.70. The molecule has 0 radical (unpaired) electrons. The summed E-state index contributed by atoms with van der Waals surface area (Å²) in [6.45, 7) is 0. The lowest BCUT2D eigenvalue weighted by Crippen LogP contribution is -2.06. The van der Waals surface area contributed by atoms with E-state index in [1.807, 2.05) is 5.43 Å². The monoisotopic (exact) mass is 146 g/mol. The van der Waals surface area contributed by atoms with Crippen molar-refractivity contribution in [3.63, 3.8) is 0 Å². The van der Waals surface area contributed by atoms with Gasteiger partial charge in [0, 0.05) is 11.5 Å². The van der Waals surface area contributed by atoms with Gasteiger partial charge < -0.3 is 0 Å². The largest absolute Gasteiger partial charge is 0.265 e. The van der Waals surface area contributed by atoms with Gasteiger partial charge in [-0.1, -0.05) is 5.43 Å². The van der Waals surface area contributed by atoms with Crippen molar-refractivity contribution in [1.82, 2.24) is 9.36 Å². The Morgan fingerprint density at radius 2 is 2.67 bits per heavy atom. The summed E-state index contributed by atoms with van der Waals surface area (Å²) in [5.41, 5.74) is 1.85. The maximum absolute atomic E-state index is 9.70. The summed E-state index contributed by atoms with van der Waals surface area (Å²) < 4.78 is 3.54. The SMILES string of the molecule is O=[N+]([O-])Nc1ncns1. The van der Waals surface area contributed by atoms with E-state index in [1.165, 1.54) is 6.33 Å². The van der Waals surface area contributed by atoms with Crippen molar-refractivity contribution in [3.8, 4) is 0 Å². The molecule has 0 saturated heterocycles. The zero-order valence-corrected chi connectivity index (χ0v) is 4.96. The first kappa shape index (κ1) is 5.89. The predicted octanol–water partition coefficient (Wildman–Crippen LogP) is 0.142. The second-order valence-corrected chi connectivity index (χ2v) is 1.90. The molecule has 6 nitrogen and oxygen atoms in total. The average molecular weight is 146 g/mol. The number of hydrazine groups is 1. The van der Waals surface area contributed by atoms with Crippen LogP contribution in [-0.4, -0.2) is 14.4 Å². The van der Waals surface area contributed by atoms with E-state index in [0.717, 1.165) is 11.5 Å². The Morgan fingerprint density at radius 3 is 3.11 bits per heavy atom. The van der Waals surface area contributed by atoms with Gasteiger partial charge in [0.1, 0.15) is 6.33 Å². The molecule has 0 spiro atoms. The van der Waals surface area contributed by atoms with Crippen LogP contribution in [0.25, 0.3) is 0 Å². The van der Waals surface area contributed by atoms with Gasteiger partial charge in [-0.2, -0.15) is 4.37 Å². The zero-order valence-electron chi connectivity index (χ0n) is 4.14. The predicted molar refractivity (Wildman–Crippen MR) is 30.5 cm³/mol. The fraction of sp³-hybridized carbons (Fsp3) is 0. The van der Waals surface area contributed by atoms with Crippen molar-refractivity contribution in [2.75, 3.05) is 5.43 Å². The van der Waals surface area contributed by atoms with Crippen molar-refractivity contribution in [1.29, 1.82) is 0 Å². The molecule has 0 atom stereocenters. The summed E-state index contributed by atoms with van der Waals surface area (Å²) in [5, 5.41) is 9.21. The Bertz CT molecular complexity index is 196. The number of nitro groups is 1. The minimum absolute atomic E-state index is 0.194. The molecule has 0 bridgehead atoms. The Balaban J connectivity index is 2.58. The number of aromatic nitrogens is 2. The van der Waals surface area contributed by atoms with Crippen LogP contribution in [0.15, 0.2) is 6.33 Å². The summed E-state index contributed by atoms with van der Waals surface area (Å²) in [6.07, 6.45) is 1.25. The molecular formula is C2H2N4O2S. The van der Waals surface area contributed by atoms with Crippen LogP contribution in [0.3, 0.4) is 0 Å². The summed E-state index contributed by atoms with van der Waals surface area (Å²) in [4.78, 5) is 13.2. The molecule has 7 heteroatoms. The van der Waals surface area contributed by atoms with E-state index in [9.17, 15) is 10.1 Å². The lowest BCUT2D eigenvalue weighted by atomic mass is 11.2. The number of rotatable bonds is 2. The van der Waals surface area contributed by atoms with Gasteiger partial charge in [-0.3, -0.25) is 0 Å². The summed E-state index contributed by atoms with van der Waals surface area (Å²) in [6, 6.07) is 0. The third-order valence-electron chi connectivity index (χ3n) is 0.548. The van der Waals surface area contributed by atoms with Crippen molar-refractivity contribution in [2.45, 2.75) is 0 Å². The minimum atomic E-state index is -0.680. The molecule has 9 heavy (non-hydrogen) atoms. The molecule has 0 saturated carbocycles. The summed E-state index contributed by atoms with van der Waals surface area (Å²) >= 11 is 0.937. The molecule has 1 heterocycles. The fourth-order valence-electron chi connectivity index (χ4n) is 0.300. The molecular weight excluding hydrogens is 144 g/mol. The highest BCUT2D eigenvalue weighted by Gasteiger charge is 1.99. The van der Waals surface area contributed by atoms with E-state index in [4.69, 9.17) is 0 Å². The number of nitrogens with one attached hydrogen (secondary N) is 1. The van der Waals surface area contributed by atoms with Gasteiger partial charge in [0.05, 0.1) is 0 Å². The van der Waals surface area contributed by atoms with Gasteiger partial charge in [-0.15, -0.1) is 0 Å². The van der Waals surface area contributed by atoms with Crippen LogP contribution in [0, 0.1) is 10.1 Å². The van der Waals surface area contributed by atoms with Gasteiger partial charge >= 0.3 is 0 Å². The van der Waals surface area contributed by atoms with Crippen LogP contribution in [0.5, 0.6) is 0 Å². The standard InChI is InChI=1S/C2H2N4O2S/c7-6(8)5-2-3-1-4-9-2/h1H,(H,3,4,5). The second kappa shape index (κ2) is 2.35. The summed E-state index contributed by atoms with van der Waals surface area (Å²) in [5.74, 6) is 0. The van der Waals surface area contributed by atoms with Crippen molar-refractivity contribution in [3.05, 3.63) is 16.4 Å². The first-order valence-corrected chi connectivity index (χ1v) is 2.74. The minimum Gasteiger partial charge on any atom is -0.234 e. The summed E-state index contributed by atoms with van der Waals surface area (Å²) in [7, 11) is 0. The van der Waals surface area contributed by atoms with Crippen molar-refractivity contribution in [2.24, 2.45) is 0 Å². The van der Waals surface area contributed by atoms with Gasteiger partial charge in [0.25, 0.3) is 5.13 Å². The van der Waals surface area contributed by atoms with Gasteiger partial charge in [0.2, 0.25) is 0 Å². The average Bonchev–Trinajstić information content (AvgIpc) is 2.15. The number of anilines is 1. The Hall–Kier alpha value is -1.24. The van der Waals surface area contributed by atoms with Gasteiger partial charge in [0.15, 0.2) is 5.03 Å². The highest BCUT2D eigenvalue weighted by atomic mass is 32.1. The lowest BCUT2D eigenvalue weighted by molar-refractivity contribution is -0.445. The van der Waals surface area contributed by atoms with Crippen LogP contribution in [0.1, 0.15) is 0 Å². The third kappa shape index (κ3) is 1.61. The fourth-order valence-corrected chi connectivity index (χ4v) is 0.704.